The van der Waals surface area contributed by atoms with Gasteiger partial charge in [-0.05, 0) is 17.7 Å². The minimum absolute atomic E-state index is 0.0789. The molecule has 1 amide bonds. The Labute approximate surface area is 126 Å². The molecule has 0 aliphatic rings. The molecule has 0 saturated heterocycles. The first-order valence-electron chi connectivity index (χ1n) is 7.17. The topological polar surface area (TPSA) is 32.3 Å². The van der Waals surface area contributed by atoms with Crippen LogP contribution in [0.3, 0.4) is 0 Å². The van der Waals surface area contributed by atoms with Crippen LogP contribution in [0.1, 0.15) is 18.4 Å². The Bertz CT molecular complexity index is 566. The second-order valence-electron chi connectivity index (χ2n) is 5.42. The molecule has 0 fully saturated rings. The number of carbonyl (C=O) groups excluding carboxylic acids is 1. The predicted molar refractivity (Wildman–Crippen MR) is 87.4 cm³/mol. The fraction of sp³-hybridized carbons (Fsp3) is 0.278. The van der Waals surface area contributed by atoms with Crippen LogP contribution in [0.15, 0.2) is 60.7 Å². The van der Waals surface area contributed by atoms with E-state index in [4.69, 9.17) is 0 Å². The number of para-hydroxylation sites is 1. The molecule has 0 aliphatic heterocycles. The summed E-state index contributed by atoms with van der Waals surface area (Å²) in [5.41, 5.74) is 2.11. The zero-order valence-electron chi connectivity index (χ0n) is 12.8. The summed E-state index contributed by atoms with van der Waals surface area (Å²) in [6.45, 7) is 2.08. The van der Waals surface area contributed by atoms with E-state index in [1.807, 2.05) is 48.5 Å². The summed E-state index contributed by atoms with van der Waals surface area (Å²) in [6, 6.07) is 19.7. The van der Waals surface area contributed by atoms with Gasteiger partial charge in [0.05, 0.1) is 0 Å². The number of benzene rings is 2. The highest BCUT2D eigenvalue weighted by Gasteiger charge is 2.27. The van der Waals surface area contributed by atoms with Crippen molar-refractivity contribution >= 4 is 11.6 Å². The van der Waals surface area contributed by atoms with Crippen molar-refractivity contribution in [2.24, 2.45) is 0 Å². The summed E-state index contributed by atoms with van der Waals surface area (Å²) in [5.74, 6) is 0.163. The van der Waals surface area contributed by atoms with Gasteiger partial charge in [0, 0.05) is 25.7 Å². The molecular formula is C18H22N2O. The fourth-order valence-electron chi connectivity index (χ4n) is 2.34. The van der Waals surface area contributed by atoms with Crippen molar-refractivity contribution in [3.63, 3.8) is 0 Å². The van der Waals surface area contributed by atoms with Gasteiger partial charge in [-0.15, -0.1) is 0 Å². The second kappa shape index (κ2) is 6.93. The molecule has 2 rings (SSSR count). The highest BCUT2D eigenvalue weighted by molar-refractivity contribution is 5.85. The van der Waals surface area contributed by atoms with Crippen LogP contribution in [0.25, 0.3) is 0 Å². The first kappa shape index (κ1) is 15.1. The molecule has 2 aromatic carbocycles. The van der Waals surface area contributed by atoms with Gasteiger partial charge in [-0.2, -0.15) is 0 Å². The lowest BCUT2D eigenvalue weighted by Crippen LogP contribution is -2.42. The van der Waals surface area contributed by atoms with E-state index in [2.05, 4.69) is 24.4 Å². The molecule has 1 N–H and O–H groups in total. The summed E-state index contributed by atoms with van der Waals surface area (Å²) in [7, 11) is 3.58. The van der Waals surface area contributed by atoms with E-state index in [1.165, 1.54) is 0 Å². The van der Waals surface area contributed by atoms with E-state index in [-0.39, 0.29) is 17.9 Å². The number of carbonyl (C=O) groups is 1. The van der Waals surface area contributed by atoms with Crippen molar-refractivity contribution in [2.75, 3.05) is 19.4 Å². The second-order valence-corrected chi connectivity index (χ2v) is 5.42. The Morgan fingerprint density at radius 2 is 1.48 bits per heavy atom. The summed E-state index contributed by atoms with van der Waals surface area (Å²) in [5, 5.41) is 3.37. The zero-order chi connectivity index (χ0) is 15.2. The third kappa shape index (κ3) is 3.85. The lowest BCUT2D eigenvalue weighted by molar-refractivity contribution is -0.129. The maximum Gasteiger partial charge on any atom is 0.245 e. The Kier molecular flexibility index (Phi) is 4.99. The third-order valence-electron chi connectivity index (χ3n) is 3.63. The summed E-state index contributed by atoms with van der Waals surface area (Å²) in [4.78, 5) is 14.2. The Morgan fingerprint density at radius 3 is 2.00 bits per heavy atom. The number of amides is 1. The maximum atomic E-state index is 12.5. The van der Waals surface area contributed by atoms with Crippen molar-refractivity contribution in [1.82, 2.24) is 4.90 Å². The van der Waals surface area contributed by atoms with Crippen LogP contribution in [0.2, 0.25) is 0 Å². The van der Waals surface area contributed by atoms with E-state index in [1.54, 1.807) is 19.0 Å². The zero-order valence-corrected chi connectivity index (χ0v) is 12.8. The molecule has 3 nitrogen and oxygen atoms in total. The molecule has 3 heteroatoms. The molecule has 0 bridgehead atoms. The van der Waals surface area contributed by atoms with Crippen LogP contribution in [0, 0.1) is 0 Å². The number of nitrogens with one attached hydrogen (secondary N) is 1. The van der Waals surface area contributed by atoms with Gasteiger partial charge in [0.1, 0.15) is 6.04 Å². The highest BCUT2D eigenvalue weighted by Crippen LogP contribution is 2.23. The maximum absolute atomic E-state index is 12.5. The van der Waals surface area contributed by atoms with Crippen LogP contribution in [-0.2, 0) is 4.79 Å². The molecule has 2 aromatic rings. The normalized spacial score (nSPS) is 13.3. The van der Waals surface area contributed by atoms with Crippen LogP contribution >= 0.6 is 0 Å². The Hall–Kier alpha value is -2.29. The minimum atomic E-state index is -0.287. The minimum Gasteiger partial charge on any atom is -0.373 e. The third-order valence-corrected chi connectivity index (χ3v) is 3.63. The Balaban J connectivity index is 2.26. The number of anilines is 1. The van der Waals surface area contributed by atoms with Crippen molar-refractivity contribution in [2.45, 2.75) is 18.9 Å². The van der Waals surface area contributed by atoms with E-state index in [9.17, 15) is 4.79 Å². The smallest absolute Gasteiger partial charge is 0.245 e. The van der Waals surface area contributed by atoms with Crippen LogP contribution in [0.5, 0.6) is 0 Å². The fourth-order valence-corrected chi connectivity index (χ4v) is 2.34. The molecule has 2 atom stereocenters. The molecule has 0 heterocycles. The predicted octanol–water partition coefficient (Wildman–Crippen LogP) is 3.36. The van der Waals surface area contributed by atoms with E-state index < -0.39 is 0 Å². The van der Waals surface area contributed by atoms with Crippen LogP contribution < -0.4 is 5.32 Å². The van der Waals surface area contributed by atoms with Gasteiger partial charge in [-0.3, -0.25) is 4.79 Å². The average Bonchev–Trinajstić information content (AvgIpc) is 2.53. The number of likely N-dealkylation sites (N-methyl/N-ethyl adjacent to an activating group) is 1. The molecule has 0 aliphatic carbocycles. The van der Waals surface area contributed by atoms with Crippen molar-refractivity contribution in [3.8, 4) is 0 Å². The molecule has 110 valence electrons. The number of rotatable bonds is 5. The van der Waals surface area contributed by atoms with E-state index >= 15 is 0 Å². The number of nitrogens with zero attached hydrogens (tertiary/aromatic N) is 1. The average molecular weight is 282 g/mol. The van der Waals surface area contributed by atoms with Gasteiger partial charge in [-0.25, -0.2) is 0 Å². The van der Waals surface area contributed by atoms with Crippen molar-refractivity contribution in [3.05, 3.63) is 66.2 Å². The molecule has 0 aromatic heterocycles. The molecule has 0 saturated carbocycles. The SMILES string of the molecule is C[C@H](c1ccccc1)[C@@H](Nc1ccccc1)C(=O)N(C)C. The Morgan fingerprint density at radius 1 is 0.952 bits per heavy atom. The summed E-state index contributed by atoms with van der Waals surface area (Å²) < 4.78 is 0. The quantitative estimate of drug-likeness (QED) is 0.912. The standard InChI is InChI=1S/C18H22N2O/c1-14(15-10-6-4-7-11-15)17(18(21)20(2)3)19-16-12-8-5-9-13-16/h4-14,17,19H,1-3H3/t14-,17-/m1/s1. The summed E-state index contributed by atoms with van der Waals surface area (Å²) >= 11 is 0. The highest BCUT2D eigenvalue weighted by atomic mass is 16.2. The van der Waals surface area contributed by atoms with Crippen molar-refractivity contribution < 1.29 is 4.79 Å². The van der Waals surface area contributed by atoms with Gasteiger partial charge in [-0.1, -0.05) is 55.5 Å². The number of hydrogen-bond donors (Lipinski definition) is 1. The molecule has 0 unspecified atom stereocenters. The molecule has 0 spiro atoms. The van der Waals surface area contributed by atoms with E-state index in [0.717, 1.165) is 11.3 Å². The van der Waals surface area contributed by atoms with Crippen LogP contribution in [0.4, 0.5) is 5.69 Å². The molecule has 0 radical (unpaired) electrons. The first-order chi connectivity index (χ1) is 10.1. The largest absolute Gasteiger partial charge is 0.373 e. The first-order valence-corrected chi connectivity index (χ1v) is 7.17. The summed E-state index contributed by atoms with van der Waals surface area (Å²) in [6.07, 6.45) is 0. The van der Waals surface area contributed by atoms with Gasteiger partial charge in [0.25, 0.3) is 0 Å². The lowest BCUT2D eigenvalue weighted by atomic mass is 9.92. The molecule has 21 heavy (non-hydrogen) atoms. The van der Waals surface area contributed by atoms with Crippen LogP contribution in [-0.4, -0.2) is 30.9 Å². The number of hydrogen-bond acceptors (Lipinski definition) is 2. The van der Waals surface area contributed by atoms with E-state index in [0.29, 0.717) is 0 Å². The monoisotopic (exact) mass is 282 g/mol. The van der Waals surface area contributed by atoms with Gasteiger partial charge >= 0.3 is 0 Å². The van der Waals surface area contributed by atoms with Crippen molar-refractivity contribution in [1.29, 1.82) is 0 Å². The van der Waals surface area contributed by atoms with Gasteiger partial charge < -0.3 is 10.2 Å². The van der Waals surface area contributed by atoms with Gasteiger partial charge in [0.15, 0.2) is 0 Å². The molecular weight excluding hydrogens is 260 g/mol. The van der Waals surface area contributed by atoms with Gasteiger partial charge in [0.2, 0.25) is 5.91 Å². The lowest BCUT2D eigenvalue weighted by Gasteiger charge is -2.28.